The summed E-state index contributed by atoms with van der Waals surface area (Å²) in [6.45, 7) is 7.10. The minimum atomic E-state index is -0.337. The second kappa shape index (κ2) is 9.40. The van der Waals surface area contributed by atoms with Crippen molar-refractivity contribution in [2.24, 2.45) is 0 Å². The van der Waals surface area contributed by atoms with Crippen LogP contribution in [0.5, 0.6) is 5.75 Å². The fraction of sp³-hybridized carbons (Fsp3) is 0.391. The molecule has 150 valence electrons. The highest BCUT2D eigenvalue weighted by atomic mass is 16.5. The molecule has 0 saturated carbocycles. The van der Waals surface area contributed by atoms with Crippen LogP contribution in [0.2, 0.25) is 0 Å². The lowest BCUT2D eigenvalue weighted by Crippen LogP contribution is -2.32. The molecule has 28 heavy (non-hydrogen) atoms. The highest BCUT2D eigenvalue weighted by molar-refractivity contribution is 5.94. The smallest absolute Gasteiger partial charge is 0.307 e. The first-order chi connectivity index (χ1) is 13.2. The largest absolute Gasteiger partial charge is 0.497 e. The standard InChI is InChI=1S/C23H29NO4/c1-23(2,3)19-10-8-18(9-11-19)22(26)24(15-14-21(25)28-5)16-17-6-12-20(27-4)13-7-17/h6-13H,14-16H2,1-5H3. The maximum absolute atomic E-state index is 13.1. The molecular formula is C23H29NO4. The summed E-state index contributed by atoms with van der Waals surface area (Å²) in [6.07, 6.45) is 0.151. The number of amides is 1. The third-order valence-corrected chi connectivity index (χ3v) is 4.63. The number of nitrogens with zero attached hydrogens (tertiary/aromatic N) is 1. The molecule has 0 N–H and O–H groups in total. The highest BCUT2D eigenvalue weighted by Gasteiger charge is 2.19. The molecule has 0 bridgehead atoms. The van der Waals surface area contributed by atoms with Crippen molar-refractivity contribution in [3.05, 3.63) is 65.2 Å². The van der Waals surface area contributed by atoms with Crippen LogP contribution < -0.4 is 4.74 Å². The molecule has 0 heterocycles. The quantitative estimate of drug-likeness (QED) is 0.673. The Balaban J connectivity index is 2.20. The second-order valence-corrected chi connectivity index (χ2v) is 7.73. The van der Waals surface area contributed by atoms with Crippen molar-refractivity contribution >= 4 is 11.9 Å². The molecule has 2 aromatic rings. The molecule has 0 aromatic heterocycles. The van der Waals surface area contributed by atoms with Crippen molar-refractivity contribution in [1.29, 1.82) is 0 Å². The van der Waals surface area contributed by atoms with E-state index < -0.39 is 0 Å². The Morgan fingerprint density at radius 2 is 1.54 bits per heavy atom. The molecular weight excluding hydrogens is 354 g/mol. The molecule has 0 fully saturated rings. The summed E-state index contributed by atoms with van der Waals surface area (Å²) in [6, 6.07) is 15.2. The summed E-state index contributed by atoms with van der Waals surface area (Å²) >= 11 is 0. The number of esters is 1. The molecule has 2 aromatic carbocycles. The Hall–Kier alpha value is -2.82. The van der Waals surface area contributed by atoms with Gasteiger partial charge in [0.1, 0.15) is 5.75 Å². The van der Waals surface area contributed by atoms with Crippen molar-refractivity contribution in [1.82, 2.24) is 4.90 Å². The summed E-state index contributed by atoms with van der Waals surface area (Å²) < 4.78 is 9.91. The topological polar surface area (TPSA) is 55.8 Å². The lowest BCUT2D eigenvalue weighted by atomic mass is 9.86. The second-order valence-electron chi connectivity index (χ2n) is 7.73. The first-order valence-electron chi connectivity index (χ1n) is 9.34. The summed E-state index contributed by atoms with van der Waals surface area (Å²) in [5.41, 5.74) is 2.76. The van der Waals surface area contributed by atoms with Gasteiger partial charge in [0.25, 0.3) is 5.91 Å². The van der Waals surface area contributed by atoms with E-state index in [-0.39, 0.29) is 23.7 Å². The van der Waals surface area contributed by atoms with Gasteiger partial charge in [-0.05, 0) is 40.8 Å². The number of carbonyl (C=O) groups excluding carboxylic acids is 2. The summed E-state index contributed by atoms with van der Waals surface area (Å²) in [5, 5.41) is 0. The molecule has 5 heteroatoms. The molecule has 0 unspecified atom stereocenters. The van der Waals surface area contributed by atoms with Crippen LogP contribution in [0.15, 0.2) is 48.5 Å². The Bertz CT molecular complexity index is 789. The van der Waals surface area contributed by atoms with Crippen LogP contribution >= 0.6 is 0 Å². The van der Waals surface area contributed by atoms with Crippen molar-refractivity contribution in [3.63, 3.8) is 0 Å². The van der Waals surface area contributed by atoms with Gasteiger partial charge >= 0.3 is 5.97 Å². The Morgan fingerprint density at radius 1 is 0.929 bits per heavy atom. The summed E-state index contributed by atoms with van der Waals surface area (Å²) in [4.78, 5) is 26.3. The van der Waals surface area contributed by atoms with E-state index in [1.165, 1.54) is 12.7 Å². The van der Waals surface area contributed by atoms with Crippen LogP contribution in [-0.4, -0.2) is 37.5 Å². The minimum Gasteiger partial charge on any atom is -0.497 e. The normalized spacial score (nSPS) is 11.0. The fourth-order valence-electron chi connectivity index (χ4n) is 2.83. The predicted molar refractivity (Wildman–Crippen MR) is 110 cm³/mol. The van der Waals surface area contributed by atoms with Crippen LogP contribution in [0.3, 0.4) is 0 Å². The maximum atomic E-state index is 13.1. The molecule has 0 aliphatic carbocycles. The molecule has 0 radical (unpaired) electrons. The van der Waals surface area contributed by atoms with E-state index in [0.29, 0.717) is 18.7 Å². The molecule has 1 amide bonds. The summed E-state index contributed by atoms with van der Waals surface area (Å²) in [7, 11) is 2.96. The predicted octanol–water partition coefficient (Wildman–Crippen LogP) is 4.20. The Kier molecular flexibility index (Phi) is 7.21. The molecule has 0 aliphatic heterocycles. The Morgan fingerprint density at radius 3 is 2.04 bits per heavy atom. The first-order valence-corrected chi connectivity index (χ1v) is 9.34. The zero-order valence-electron chi connectivity index (χ0n) is 17.3. The summed E-state index contributed by atoms with van der Waals surface area (Å²) in [5.74, 6) is 0.310. The van der Waals surface area contributed by atoms with Gasteiger partial charge in [0.2, 0.25) is 0 Å². The van der Waals surface area contributed by atoms with Gasteiger partial charge in [-0.25, -0.2) is 0 Å². The van der Waals surface area contributed by atoms with Gasteiger partial charge in [-0.1, -0.05) is 45.0 Å². The number of benzene rings is 2. The molecule has 0 spiro atoms. The SMILES string of the molecule is COC(=O)CCN(Cc1ccc(OC)cc1)C(=O)c1ccc(C(C)(C)C)cc1. The van der Waals surface area contributed by atoms with Crippen LogP contribution in [0.1, 0.15) is 48.7 Å². The van der Waals surface area contributed by atoms with Gasteiger partial charge in [-0.3, -0.25) is 9.59 Å². The van der Waals surface area contributed by atoms with Gasteiger partial charge in [0.05, 0.1) is 20.6 Å². The van der Waals surface area contributed by atoms with E-state index in [9.17, 15) is 9.59 Å². The van der Waals surface area contributed by atoms with Crippen molar-refractivity contribution in [2.75, 3.05) is 20.8 Å². The van der Waals surface area contributed by atoms with Crippen molar-refractivity contribution in [3.8, 4) is 5.75 Å². The number of hydrogen-bond acceptors (Lipinski definition) is 4. The zero-order chi connectivity index (χ0) is 20.7. The lowest BCUT2D eigenvalue weighted by Gasteiger charge is -2.24. The number of methoxy groups -OCH3 is 2. The van der Waals surface area contributed by atoms with E-state index in [2.05, 4.69) is 20.8 Å². The molecule has 0 saturated heterocycles. The third kappa shape index (κ3) is 5.84. The lowest BCUT2D eigenvalue weighted by molar-refractivity contribution is -0.140. The molecule has 0 aliphatic rings. The van der Waals surface area contributed by atoms with Crippen LogP contribution in [-0.2, 0) is 21.5 Å². The van der Waals surface area contributed by atoms with Gasteiger partial charge < -0.3 is 14.4 Å². The fourth-order valence-corrected chi connectivity index (χ4v) is 2.83. The third-order valence-electron chi connectivity index (χ3n) is 4.63. The number of hydrogen-bond donors (Lipinski definition) is 0. The van der Waals surface area contributed by atoms with Gasteiger partial charge in [-0.2, -0.15) is 0 Å². The number of ether oxygens (including phenoxy) is 2. The molecule has 2 rings (SSSR count). The average Bonchev–Trinajstić information content (AvgIpc) is 2.70. The highest BCUT2D eigenvalue weighted by Crippen LogP contribution is 2.23. The van der Waals surface area contributed by atoms with E-state index in [4.69, 9.17) is 9.47 Å². The monoisotopic (exact) mass is 383 g/mol. The van der Waals surface area contributed by atoms with Gasteiger partial charge in [0.15, 0.2) is 0 Å². The number of carbonyl (C=O) groups is 2. The maximum Gasteiger partial charge on any atom is 0.307 e. The van der Waals surface area contributed by atoms with Crippen LogP contribution in [0, 0.1) is 0 Å². The minimum absolute atomic E-state index is 0.0231. The van der Waals surface area contributed by atoms with E-state index >= 15 is 0 Å². The Labute approximate surface area is 167 Å². The van der Waals surface area contributed by atoms with Crippen molar-refractivity contribution in [2.45, 2.75) is 39.2 Å². The van der Waals surface area contributed by atoms with Crippen LogP contribution in [0.4, 0.5) is 0 Å². The van der Waals surface area contributed by atoms with Crippen LogP contribution in [0.25, 0.3) is 0 Å². The van der Waals surface area contributed by atoms with Crippen molar-refractivity contribution < 1.29 is 19.1 Å². The van der Waals surface area contributed by atoms with E-state index in [1.807, 2.05) is 48.5 Å². The number of rotatable bonds is 7. The molecule has 5 nitrogen and oxygen atoms in total. The van der Waals surface area contributed by atoms with E-state index in [1.54, 1.807) is 12.0 Å². The van der Waals surface area contributed by atoms with E-state index in [0.717, 1.165) is 11.3 Å². The zero-order valence-corrected chi connectivity index (χ0v) is 17.3. The molecule has 0 atom stereocenters. The van der Waals surface area contributed by atoms with Gasteiger partial charge in [0, 0.05) is 18.7 Å². The average molecular weight is 383 g/mol. The van der Waals surface area contributed by atoms with Gasteiger partial charge in [-0.15, -0.1) is 0 Å². The first kappa shape index (κ1) is 21.5.